The Kier molecular flexibility index (Phi) is 2.34. The zero-order chi connectivity index (χ0) is 10.8. The summed E-state index contributed by atoms with van der Waals surface area (Å²) in [5.41, 5.74) is 6.54. The summed E-state index contributed by atoms with van der Waals surface area (Å²) >= 11 is 0. The van der Waals surface area contributed by atoms with Gasteiger partial charge in [-0.25, -0.2) is 4.98 Å². The van der Waals surface area contributed by atoms with Crippen LogP contribution in [0, 0.1) is 0 Å². The van der Waals surface area contributed by atoms with Crippen LogP contribution in [0.5, 0.6) is 0 Å². The summed E-state index contributed by atoms with van der Waals surface area (Å²) in [4.78, 5) is 18.9. The molecule has 1 unspecified atom stereocenters. The van der Waals surface area contributed by atoms with Gasteiger partial charge < -0.3 is 15.2 Å². The molecule has 2 heterocycles. The van der Waals surface area contributed by atoms with Gasteiger partial charge in [-0.2, -0.15) is 0 Å². The Bertz CT molecular complexity index is 494. The summed E-state index contributed by atoms with van der Waals surface area (Å²) < 4.78 is 1.72. The SMILES string of the molecule is NCC(C(=O)O)c1ncn2ccncc12. The van der Waals surface area contributed by atoms with E-state index in [0.29, 0.717) is 11.2 Å². The van der Waals surface area contributed by atoms with E-state index in [1.807, 2.05) is 0 Å². The molecule has 3 N–H and O–H groups in total. The van der Waals surface area contributed by atoms with E-state index in [1.165, 1.54) is 0 Å². The van der Waals surface area contributed by atoms with Crippen molar-refractivity contribution in [2.75, 3.05) is 6.54 Å². The van der Waals surface area contributed by atoms with E-state index in [1.54, 1.807) is 29.3 Å². The first kappa shape index (κ1) is 9.60. The van der Waals surface area contributed by atoms with Gasteiger partial charge in [0, 0.05) is 18.9 Å². The topological polar surface area (TPSA) is 93.5 Å². The fraction of sp³-hybridized carbons (Fsp3) is 0.222. The number of hydrogen-bond acceptors (Lipinski definition) is 4. The lowest BCUT2D eigenvalue weighted by molar-refractivity contribution is -0.138. The molecule has 6 heteroatoms. The number of rotatable bonds is 3. The van der Waals surface area contributed by atoms with Gasteiger partial charge in [-0.15, -0.1) is 0 Å². The predicted octanol–water partition coefficient (Wildman–Crippen LogP) is -0.144. The number of imidazole rings is 1. The van der Waals surface area contributed by atoms with Crippen molar-refractivity contribution in [3.63, 3.8) is 0 Å². The lowest BCUT2D eigenvalue weighted by Gasteiger charge is -2.06. The van der Waals surface area contributed by atoms with Gasteiger partial charge in [-0.05, 0) is 0 Å². The van der Waals surface area contributed by atoms with Crippen molar-refractivity contribution >= 4 is 11.5 Å². The molecule has 0 saturated heterocycles. The summed E-state index contributed by atoms with van der Waals surface area (Å²) in [6, 6.07) is 0. The lowest BCUT2D eigenvalue weighted by Crippen LogP contribution is -2.21. The molecule has 2 rings (SSSR count). The van der Waals surface area contributed by atoms with Crippen molar-refractivity contribution in [3.8, 4) is 0 Å². The summed E-state index contributed by atoms with van der Waals surface area (Å²) in [5.74, 6) is -1.75. The minimum absolute atomic E-state index is 0.0247. The number of hydrogen-bond donors (Lipinski definition) is 2. The fourth-order valence-electron chi connectivity index (χ4n) is 1.46. The molecule has 0 aliphatic heterocycles. The average Bonchev–Trinajstić information content (AvgIpc) is 2.63. The van der Waals surface area contributed by atoms with Crippen LogP contribution in [0.15, 0.2) is 24.9 Å². The first-order valence-corrected chi connectivity index (χ1v) is 4.43. The lowest BCUT2D eigenvalue weighted by atomic mass is 10.1. The molecule has 0 saturated carbocycles. The number of carbonyl (C=O) groups is 1. The average molecular weight is 206 g/mol. The highest BCUT2D eigenvalue weighted by molar-refractivity contribution is 5.78. The van der Waals surface area contributed by atoms with Crippen molar-refractivity contribution in [3.05, 3.63) is 30.6 Å². The number of carboxylic acid groups (broad SMARTS) is 1. The molecule has 0 aromatic carbocycles. The highest BCUT2D eigenvalue weighted by atomic mass is 16.4. The number of carboxylic acids is 1. The number of nitrogens with two attached hydrogens (primary N) is 1. The Morgan fingerprint density at radius 1 is 1.67 bits per heavy atom. The van der Waals surface area contributed by atoms with Crippen molar-refractivity contribution in [1.82, 2.24) is 14.4 Å². The Balaban J connectivity index is 2.55. The number of fused-ring (bicyclic) bond motifs is 1. The molecule has 1 atom stereocenters. The van der Waals surface area contributed by atoms with Crippen LogP contribution in [0.3, 0.4) is 0 Å². The van der Waals surface area contributed by atoms with E-state index in [9.17, 15) is 4.79 Å². The number of nitrogens with zero attached hydrogens (tertiary/aromatic N) is 3. The standard InChI is InChI=1S/C9H10N4O2/c10-3-6(9(14)15)8-7-4-11-1-2-13(7)5-12-8/h1-2,4-6H,3,10H2,(H,14,15). The Labute approximate surface area is 85.4 Å². The Hall–Kier alpha value is -1.95. The van der Waals surface area contributed by atoms with Crippen LogP contribution >= 0.6 is 0 Å². The molecular formula is C9H10N4O2. The number of aliphatic carboxylic acids is 1. The smallest absolute Gasteiger partial charge is 0.313 e. The molecule has 0 radical (unpaired) electrons. The quantitative estimate of drug-likeness (QED) is 0.728. The Morgan fingerprint density at radius 3 is 3.13 bits per heavy atom. The summed E-state index contributed by atoms with van der Waals surface area (Å²) in [5, 5.41) is 8.95. The molecule has 2 aromatic rings. The molecule has 0 spiro atoms. The van der Waals surface area contributed by atoms with E-state index in [4.69, 9.17) is 10.8 Å². The van der Waals surface area contributed by atoms with Crippen molar-refractivity contribution in [2.45, 2.75) is 5.92 Å². The van der Waals surface area contributed by atoms with Gasteiger partial charge in [0.25, 0.3) is 0 Å². The van der Waals surface area contributed by atoms with E-state index in [2.05, 4.69) is 9.97 Å². The molecule has 0 bridgehead atoms. The van der Waals surface area contributed by atoms with Crippen LogP contribution in [-0.4, -0.2) is 32.0 Å². The molecule has 15 heavy (non-hydrogen) atoms. The summed E-state index contributed by atoms with van der Waals surface area (Å²) in [6.07, 6.45) is 6.45. The zero-order valence-electron chi connectivity index (χ0n) is 7.87. The monoisotopic (exact) mass is 206 g/mol. The first-order chi connectivity index (χ1) is 7.24. The molecule has 0 aliphatic rings. The second kappa shape index (κ2) is 3.66. The van der Waals surface area contributed by atoms with Gasteiger partial charge in [-0.3, -0.25) is 9.78 Å². The van der Waals surface area contributed by atoms with Gasteiger partial charge in [0.15, 0.2) is 0 Å². The van der Waals surface area contributed by atoms with E-state index >= 15 is 0 Å². The highest BCUT2D eigenvalue weighted by Crippen LogP contribution is 2.18. The van der Waals surface area contributed by atoms with Gasteiger partial charge in [0.05, 0.1) is 23.7 Å². The van der Waals surface area contributed by atoms with Crippen LogP contribution in [0.25, 0.3) is 5.52 Å². The van der Waals surface area contributed by atoms with Crippen LogP contribution in [0.4, 0.5) is 0 Å². The van der Waals surface area contributed by atoms with Crippen molar-refractivity contribution in [2.24, 2.45) is 5.73 Å². The van der Waals surface area contributed by atoms with Crippen molar-refractivity contribution < 1.29 is 9.90 Å². The minimum Gasteiger partial charge on any atom is -0.481 e. The predicted molar refractivity (Wildman–Crippen MR) is 52.4 cm³/mol. The highest BCUT2D eigenvalue weighted by Gasteiger charge is 2.22. The van der Waals surface area contributed by atoms with E-state index < -0.39 is 11.9 Å². The molecule has 6 nitrogen and oxygen atoms in total. The summed E-state index contributed by atoms with van der Waals surface area (Å²) in [7, 11) is 0. The second-order valence-corrected chi connectivity index (χ2v) is 3.13. The van der Waals surface area contributed by atoms with Gasteiger partial charge in [-0.1, -0.05) is 0 Å². The summed E-state index contributed by atoms with van der Waals surface area (Å²) in [6.45, 7) is 0.0247. The third-order valence-electron chi connectivity index (χ3n) is 2.24. The van der Waals surface area contributed by atoms with E-state index in [0.717, 1.165) is 0 Å². The third kappa shape index (κ3) is 1.55. The van der Waals surface area contributed by atoms with Crippen LogP contribution in [0.1, 0.15) is 11.6 Å². The van der Waals surface area contributed by atoms with Gasteiger partial charge in [0.2, 0.25) is 0 Å². The zero-order valence-corrected chi connectivity index (χ0v) is 7.87. The first-order valence-electron chi connectivity index (χ1n) is 4.43. The van der Waals surface area contributed by atoms with Crippen LogP contribution < -0.4 is 5.73 Å². The van der Waals surface area contributed by atoms with Gasteiger partial charge in [0.1, 0.15) is 5.92 Å². The van der Waals surface area contributed by atoms with Gasteiger partial charge >= 0.3 is 5.97 Å². The number of aromatic nitrogens is 3. The molecule has 78 valence electrons. The van der Waals surface area contributed by atoms with Crippen LogP contribution in [0.2, 0.25) is 0 Å². The van der Waals surface area contributed by atoms with Crippen molar-refractivity contribution in [1.29, 1.82) is 0 Å². The molecule has 0 aliphatic carbocycles. The molecule has 0 amide bonds. The maximum Gasteiger partial charge on any atom is 0.313 e. The Morgan fingerprint density at radius 2 is 2.47 bits per heavy atom. The largest absolute Gasteiger partial charge is 0.481 e. The fourth-order valence-corrected chi connectivity index (χ4v) is 1.46. The van der Waals surface area contributed by atoms with E-state index in [-0.39, 0.29) is 6.54 Å². The normalized spacial score (nSPS) is 12.9. The maximum absolute atomic E-state index is 10.9. The van der Waals surface area contributed by atoms with Crippen LogP contribution in [-0.2, 0) is 4.79 Å². The maximum atomic E-state index is 10.9. The molecule has 2 aromatic heterocycles. The molecule has 0 fully saturated rings. The molecular weight excluding hydrogens is 196 g/mol. The minimum atomic E-state index is -0.970. The second-order valence-electron chi connectivity index (χ2n) is 3.13. The third-order valence-corrected chi connectivity index (χ3v) is 2.24.